The van der Waals surface area contributed by atoms with Crippen molar-refractivity contribution in [3.63, 3.8) is 0 Å². The highest BCUT2D eigenvalue weighted by molar-refractivity contribution is 9.10. The highest BCUT2D eigenvalue weighted by Gasteiger charge is 2.21. The SMILES string of the molecule is CCCOc1c(Br)cc(C(=O)N2CCOCC2)cc1OC. The maximum atomic E-state index is 12.5. The summed E-state index contributed by atoms with van der Waals surface area (Å²) in [5, 5.41) is 0. The van der Waals surface area contributed by atoms with E-state index in [4.69, 9.17) is 14.2 Å². The molecule has 5 nitrogen and oxygen atoms in total. The van der Waals surface area contributed by atoms with Gasteiger partial charge in [-0.1, -0.05) is 6.92 Å². The van der Waals surface area contributed by atoms with Gasteiger partial charge in [0.1, 0.15) is 0 Å². The predicted molar refractivity (Wildman–Crippen MR) is 83.2 cm³/mol. The lowest BCUT2D eigenvalue weighted by atomic mass is 10.1. The third-order valence-corrected chi connectivity index (χ3v) is 3.81. The Balaban J connectivity index is 2.24. The third-order valence-electron chi connectivity index (χ3n) is 3.23. The van der Waals surface area contributed by atoms with Gasteiger partial charge in [0.25, 0.3) is 5.91 Å². The quantitative estimate of drug-likeness (QED) is 0.812. The normalized spacial score (nSPS) is 14.9. The van der Waals surface area contributed by atoms with Gasteiger partial charge in [-0.15, -0.1) is 0 Å². The summed E-state index contributed by atoms with van der Waals surface area (Å²) in [6.07, 6.45) is 0.907. The molecule has 1 aromatic rings. The van der Waals surface area contributed by atoms with Crippen LogP contribution in [0.15, 0.2) is 16.6 Å². The maximum Gasteiger partial charge on any atom is 0.254 e. The summed E-state index contributed by atoms with van der Waals surface area (Å²) in [5.41, 5.74) is 0.587. The van der Waals surface area contributed by atoms with Crippen LogP contribution in [0.25, 0.3) is 0 Å². The van der Waals surface area contributed by atoms with Crippen LogP contribution in [-0.4, -0.2) is 50.8 Å². The highest BCUT2D eigenvalue weighted by atomic mass is 79.9. The molecule has 0 bridgehead atoms. The van der Waals surface area contributed by atoms with Gasteiger partial charge < -0.3 is 19.1 Å². The summed E-state index contributed by atoms with van der Waals surface area (Å²) in [6, 6.07) is 3.51. The molecule has 0 radical (unpaired) electrons. The van der Waals surface area contributed by atoms with Crippen LogP contribution in [0.2, 0.25) is 0 Å². The summed E-state index contributed by atoms with van der Waals surface area (Å²) in [5.74, 6) is 1.19. The molecular formula is C15H20BrNO4. The molecule has 116 valence electrons. The fourth-order valence-electron chi connectivity index (χ4n) is 2.14. The largest absolute Gasteiger partial charge is 0.493 e. The Morgan fingerprint density at radius 2 is 2.10 bits per heavy atom. The van der Waals surface area contributed by atoms with Crippen LogP contribution in [0.4, 0.5) is 0 Å². The number of rotatable bonds is 5. The van der Waals surface area contributed by atoms with E-state index in [0.29, 0.717) is 50.0 Å². The Kier molecular flexibility index (Phi) is 5.87. The molecule has 1 aliphatic rings. The fourth-order valence-corrected chi connectivity index (χ4v) is 2.69. The second kappa shape index (κ2) is 7.66. The van der Waals surface area contributed by atoms with Crippen LogP contribution >= 0.6 is 15.9 Å². The second-order valence-electron chi connectivity index (χ2n) is 4.74. The number of ether oxygens (including phenoxy) is 3. The summed E-state index contributed by atoms with van der Waals surface area (Å²) >= 11 is 3.46. The minimum atomic E-state index is -0.0145. The summed E-state index contributed by atoms with van der Waals surface area (Å²) in [4.78, 5) is 14.3. The first kappa shape index (κ1) is 16.1. The van der Waals surface area contributed by atoms with E-state index in [1.807, 2.05) is 6.92 Å². The van der Waals surface area contributed by atoms with Gasteiger partial charge in [0.05, 0.1) is 31.4 Å². The van der Waals surface area contributed by atoms with Crippen molar-refractivity contribution < 1.29 is 19.0 Å². The molecule has 0 aromatic heterocycles. The van der Waals surface area contributed by atoms with E-state index in [2.05, 4.69) is 15.9 Å². The van der Waals surface area contributed by atoms with E-state index in [1.165, 1.54) is 0 Å². The lowest BCUT2D eigenvalue weighted by Gasteiger charge is -2.27. The van der Waals surface area contributed by atoms with Crippen LogP contribution in [0.3, 0.4) is 0 Å². The molecule has 2 rings (SSSR count). The van der Waals surface area contributed by atoms with Crippen molar-refractivity contribution in [3.05, 3.63) is 22.2 Å². The maximum absolute atomic E-state index is 12.5. The number of carbonyl (C=O) groups is 1. The average Bonchev–Trinajstić information content (AvgIpc) is 2.53. The molecule has 21 heavy (non-hydrogen) atoms. The monoisotopic (exact) mass is 357 g/mol. The van der Waals surface area contributed by atoms with Crippen LogP contribution in [0.5, 0.6) is 11.5 Å². The van der Waals surface area contributed by atoms with Crippen molar-refractivity contribution in [2.45, 2.75) is 13.3 Å². The minimum absolute atomic E-state index is 0.0145. The fraction of sp³-hybridized carbons (Fsp3) is 0.533. The van der Waals surface area contributed by atoms with Crippen molar-refractivity contribution in [3.8, 4) is 11.5 Å². The number of benzene rings is 1. The zero-order chi connectivity index (χ0) is 15.2. The standard InChI is InChI=1S/C15H20BrNO4/c1-3-6-21-14-12(16)9-11(10-13(14)19-2)15(18)17-4-7-20-8-5-17/h9-10H,3-8H2,1-2H3. The van der Waals surface area contributed by atoms with Gasteiger partial charge in [-0.25, -0.2) is 0 Å². The Bertz CT molecular complexity index is 501. The highest BCUT2D eigenvalue weighted by Crippen LogP contribution is 2.37. The molecule has 0 atom stereocenters. The number of amides is 1. The van der Waals surface area contributed by atoms with Gasteiger partial charge in [0, 0.05) is 18.7 Å². The van der Waals surface area contributed by atoms with Crippen molar-refractivity contribution in [2.24, 2.45) is 0 Å². The summed E-state index contributed by atoms with van der Waals surface area (Å²) in [6.45, 7) is 5.05. The number of nitrogens with zero attached hydrogens (tertiary/aromatic N) is 1. The Labute approximate surface area is 133 Å². The molecule has 0 spiro atoms. The van der Waals surface area contributed by atoms with Crippen molar-refractivity contribution in [2.75, 3.05) is 40.0 Å². The van der Waals surface area contributed by atoms with Crippen molar-refractivity contribution in [1.82, 2.24) is 4.90 Å². The van der Waals surface area contributed by atoms with Gasteiger partial charge >= 0.3 is 0 Å². The van der Waals surface area contributed by atoms with E-state index < -0.39 is 0 Å². The van der Waals surface area contributed by atoms with E-state index >= 15 is 0 Å². The van der Waals surface area contributed by atoms with Crippen LogP contribution in [-0.2, 0) is 4.74 Å². The molecule has 1 aliphatic heterocycles. The van der Waals surface area contributed by atoms with E-state index in [-0.39, 0.29) is 5.91 Å². The van der Waals surface area contributed by atoms with E-state index in [9.17, 15) is 4.79 Å². The Hall–Kier alpha value is -1.27. The van der Waals surface area contributed by atoms with Crippen molar-refractivity contribution >= 4 is 21.8 Å². The van der Waals surface area contributed by atoms with E-state index in [0.717, 1.165) is 10.9 Å². The van der Waals surface area contributed by atoms with Gasteiger partial charge in [-0.05, 0) is 34.5 Å². The average molecular weight is 358 g/mol. The molecule has 1 amide bonds. The zero-order valence-corrected chi connectivity index (χ0v) is 13.9. The molecule has 1 saturated heterocycles. The van der Waals surface area contributed by atoms with Crippen LogP contribution in [0.1, 0.15) is 23.7 Å². The first-order chi connectivity index (χ1) is 10.2. The molecule has 0 aliphatic carbocycles. The first-order valence-electron chi connectivity index (χ1n) is 7.04. The summed E-state index contributed by atoms with van der Waals surface area (Å²) in [7, 11) is 1.57. The first-order valence-corrected chi connectivity index (χ1v) is 7.84. The number of hydrogen-bond donors (Lipinski definition) is 0. The van der Waals surface area contributed by atoms with Gasteiger partial charge in [-0.2, -0.15) is 0 Å². The van der Waals surface area contributed by atoms with Crippen LogP contribution < -0.4 is 9.47 Å². The number of halogens is 1. The molecule has 6 heteroatoms. The topological polar surface area (TPSA) is 48.0 Å². The number of methoxy groups -OCH3 is 1. The molecule has 1 fully saturated rings. The van der Waals surface area contributed by atoms with Gasteiger partial charge in [-0.3, -0.25) is 4.79 Å². The lowest BCUT2D eigenvalue weighted by molar-refractivity contribution is 0.0302. The Morgan fingerprint density at radius 1 is 1.38 bits per heavy atom. The molecule has 1 heterocycles. The number of carbonyl (C=O) groups excluding carboxylic acids is 1. The van der Waals surface area contributed by atoms with Gasteiger partial charge in [0.15, 0.2) is 11.5 Å². The van der Waals surface area contributed by atoms with E-state index in [1.54, 1.807) is 24.1 Å². The Morgan fingerprint density at radius 3 is 2.71 bits per heavy atom. The van der Waals surface area contributed by atoms with Crippen molar-refractivity contribution in [1.29, 1.82) is 0 Å². The third kappa shape index (κ3) is 3.89. The molecular weight excluding hydrogens is 338 g/mol. The predicted octanol–water partition coefficient (Wildman–Crippen LogP) is 2.72. The minimum Gasteiger partial charge on any atom is -0.493 e. The molecule has 0 saturated carbocycles. The lowest BCUT2D eigenvalue weighted by Crippen LogP contribution is -2.40. The molecule has 1 aromatic carbocycles. The van der Waals surface area contributed by atoms with Crippen LogP contribution in [0, 0.1) is 0 Å². The molecule has 0 N–H and O–H groups in total. The second-order valence-corrected chi connectivity index (χ2v) is 5.60. The smallest absolute Gasteiger partial charge is 0.254 e. The number of morpholine rings is 1. The zero-order valence-electron chi connectivity index (χ0n) is 12.4. The summed E-state index contributed by atoms with van der Waals surface area (Å²) < 4.78 is 17.0. The number of hydrogen-bond acceptors (Lipinski definition) is 4. The van der Waals surface area contributed by atoms with Gasteiger partial charge in [0.2, 0.25) is 0 Å². The molecule has 0 unspecified atom stereocenters.